The first kappa shape index (κ1) is 16.1. The fourth-order valence-electron chi connectivity index (χ4n) is 2.25. The number of amides is 1. The van der Waals surface area contributed by atoms with E-state index in [2.05, 4.69) is 15.5 Å². The second-order valence-electron chi connectivity index (χ2n) is 5.20. The van der Waals surface area contributed by atoms with Gasteiger partial charge in [-0.3, -0.25) is 4.79 Å². The van der Waals surface area contributed by atoms with Crippen LogP contribution in [-0.2, 0) is 11.3 Å². The van der Waals surface area contributed by atoms with E-state index in [1.54, 1.807) is 25.1 Å². The van der Waals surface area contributed by atoms with Gasteiger partial charge in [-0.1, -0.05) is 17.7 Å². The first-order valence-corrected chi connectivity index (χ1v) is 7.48. The van der Waals surface area contributed by atoms with Crippen LogP contribution in [0, 0.1) is 5.82 Å². The molecule has 0 saturated heterocycles. The summed E-state index contributed by atoms with van der Waals surface area (Å²) in [6.07, 6.45) is 1.46. The molecule has 2 heterocycles. The first-order chi connectivity index (χ1) is 11.5. The summed E-state index contributed by atoms with van der Waals surface area (Å²) in [6.45, 7) is 1.44. The summed E-state index contributed by atoms with van der Waals surface area (Å²) in [6, 6.07) is 7.11. The zero-order valence-electron chi connectivity index (χ0n) is 12.6. The van der Waals surface area contributed by atoms with Crippen molar-refractivity contribution in [1.82, 2.24) is 24.7 Å². The molecule has 0 unspecified atom stereocenters. The molecule has 2 aromatic heterocycles. The molecule has 24 heavy (non-hydrogen) atoms. The Morgan fingerprint density at radius 3 is 2.92 bits per heavy atom. The predicted octanol–water partition coefficient (Wildman–Crippen LogP) is 1.56. The molecule has 0 radical (unpaired) electrons. The molecule has 3 rings (SSSR count). The third-order valence-corrected chi connectivity index (χ3v) is 3.78. The molecule has 3 aromatic rings. The largest absolute Gasteiger partial charge is 0.367 e. The normalized spacial score (nSPS) is 12.3. The average Bonchev–Trinajstić information content (AvgIpc) is 2.86. The lowest BCUT2D eigenvalue weighted by Crippen LogP contribution is -2.34. The number of carbonyl (C=O) groups is 1. The molecule has 0 spiro atoms. The SMILES string of the molecule is C[C@H](NC(=O)Cn1nc2cccnn2c1=O)c1ccc(Cl)c(F)c1. The van der Waals surface area contributed by atoms with E-state index in [0.29, 0.717) is 11.2 Å². The van der Waals surface area contributed by atoms with Crippen molar-refractivity contribution in [2.75, 3.05) is 0 Å². The summed E-state index contributed by atoms with van der Waals surface area (Å²) in [5.41, 5.74) is 0.406. The van der Waals surface area contributed by atoms with Gasteiger partial charge in [0.2, 0.25) is 5.91 Å². The maximum absolute atomic E-state index is 13.5. The standard InChI is InChI=1S/C15H13ClFN5O2/c1-9(10-4-5-11(16)12(17)7-10)19-14(23)8-21-15(24)22-13(20-21)3-2-6-18-22/h2-7,9H,8H2,1H3,(H,19,23)/t9-/m0/s1. The summed E-state index contributed by atoms with van der Waals surface area (Å²) >= 11 is 5.64. The third-order valence-electron chi connectivity index (χ3n) is 3.47. The zero-order chi connectivity index (χ0) is 17.3. The van der Waals surface area contributed by atoms with E-state index in [-0.39, 0.29) is 11.6 Å². The highest BCUT2D eigenvalue weighted by molar-refractivity contribution is 6.30. The van der Waals surface area contributed by atoms with Crippen molar-refractivity contribution >= 4 is 23.2 Å². The lowest BCUT2D eigenvalue weighted by molar-refractivity contribution is -0.122. The molecule has 7 nitrogen and oxygen atoms in total. The molecule has 1 amide bonds. The lowest BCUT2D eigenvalue weighted by atomic mass is 10.1. The highest BCUT2D eigenvalue weighted by atomic mass is 35.5. The van der Waals surface area contributed by atoms with Gasteiger partial charge in [-0.2, -0.15) is 9.61 Å². The Bertz CT molecular complexity index is 968. The van der Waals surface area contributed by atoms with Crippen LogP contribution in [0.15, 0.2) is 41.3 Å². The summed E-state index contributed by atoms with van der Waals surface area (Å²) in [7, 11) is 0. The van der Waals surface area contributed by atoms with Crippen LogP contribution in [0.3, 0.4) is 0 Å². The molecular formula is C15H13ClFN5O2. The van der Waals surface area contributed by atoms with Gasteiger partial charge in [0.05, 0.1) is 11.1 Å². The Labute approximate surface area is 140 Å². The van der Waals surface area contributed by atoms with E-state index in [4.69, 9.17) is 11.6 Å². The highest BCUT2D eigenvalue weighted by Gasteiger charge is 2.15. The summed E-state index contributed by atoms with van der Waals surface area (Å²) in [5.74, 6) is -0.985. The van der Waals surface area contributed by atoms with E-state index in [0.717, 1.165) is 9.20 Å². The predicted molar refractivity (Wildman–Crippen MR) is 85.2 cm³/mol. The number of rotatable bonds is 4. The van der Waals surface area contributed by atoms with Crippen LogP contribution >= 0.6 is 11.6 Å². The monoisotopic (exact) mass is 349 g/mol. The number of halogens is 2. The summed E-state index contributed by atoms with van der Waals surface area (Å²) < 4.78 is 15.6. The number of nitrogens with one attached hydrogen (secondary N) is 1. The molecule has 0 bridgehead atoms. The van der Waals surface area contributed by atoms with Gasteiger partial charge < -0.3 is 5.32 Å². The Balaban J connectivity index is 1.73. The van der Waals surface area contributed by atoms with Crippen LogP contribution in [-0.4, -0.2) is 25.3 Å². The van der Waals surface area contributed by atoms with Crippen LogP contribution in [0.25, 0.3) is 5.65 Å². The number of fused-ring (bicyclic) bond motifs is 1. The van der Waals surface area contributed by atoms with Crippen molar-refractivity contribution in [3.05, 3.63) is 63.4 Å². The van der Waals surface area contributed by atoms with Crippen LogP contribution in [0.2, 0.25) is 5.02 Å². The quantitative estimate of drug-likeness (QED) is 0.775. The third kappa shape index (κ3) is 3.13. The van der Waals surface area contributed by atoms with Gasteiger partial charge in [-0.15, -0.1) is 5.10 Å². The molecular weight excluding hydrogens is 337 g/mol. The van der Waals surface area contributed by atoms with Crippen LogP contribution in [0.4, 0.5) is 4.39 Å². The molecule has 0 aliphatic heterocycles. The number of nitrogens with zero attached hydrogens (tertiary/aromatic N) is 4. The van der Waals surface area contributed by atoms with Crippen LogP contribution in [0.1, 0.15) is 18.5 Å². The Morgan fingerprint density at radius 1 is 1.42 bits per heavy atom. The summed E-state index contributed by atoms with van der Waals surface area (Å²) in [5, 5.41) is 10.6. The van der Waals surface area contributed by atoms with E-state index in [9.17, 15) is 14.0 Å². The van der Waals surface area contributed by atoms with E-state index >= 15 is 0 Å². The van der Waals surface area contributed by atoms with Crippen LogP contribution in [0.5, 0.6) is 0 Å². The molecule has 0 aliphatic carbocycles. The average molecular weight is 350 g/mol. The molecule has 0 fully saturated rings. The number of hydrogen-bond donors (Lipinski definition) is 1. The number of benzene rings is 1. The van der Waals surface area contributed by atoms with Gasteiger partial charge in [0.15, 0.2) is 5.65 Å². The number of aromatic nitrogens is 4. The number of hydrogen-bond acceptors (Lipinski definition) is 4. The molecule has 0 aliphatic rings. The van der Waals surface area contributed by atoms with Crippen molar-refractivity contribution in [1.29, 1.82) is 0 Å². The maximum Gasteiger partial charge on any atom is 0.367 e. The lowest BCUT2D eigenvalue weighted by Gasteiger charge is -2.14. The molecule has 0 saturated carbocycles. The second-order valence-corrected chi connectivity index (χ2v) is 5.60. The van der Waals surface area contributed by atoms with Crippen molar-refractivity contribution in [3.63, 3.8) is 0 Å². The minimum atomic E-state index is -0.557. The van der Waals surface area contributed by atoms with E-state index in [1.165, 1.54) is 18.3 Å². The van der Waals surface area contributed by atoms with Crippen LogP contribution < -0.4 is 11.0 Å². The van der Waals surface area contributed by atoms with Crippen molar-refractivity contribution in [2.45, 2.75) is 19.5 Å². The fourth-order valence-corrected chi connectivity index (χ4v) is 2.37. The molecule has 1 atom stereocenters. The van der Waals surface area contributed by atoms with Gasteiger partial charge in [0, 0.05) is 6.20 Å². The summed E-state index contributed by atoms with van der Waals surface area (Å²) in [4.78, 5) is 24.2. The van der Waals surface area contributed by atoms with Gasteiger partial charge >= 0.3 is 5.69 Å². The van der Waals surface area contributed by atoms with Gasteiger partial charge in [0.25, 0.3) is 0 Å². The Morgan fingerprint density at radius 2 is 2.21 bits per heavy atom. The van der Waals surface area contributed by atoms with Gasteiger partial charge in [0.1, 0.15) is 12.4 Å². The maximum atomic E-state index is 13.5. The minimum Gasteiger partial charge on any atom is -0.348 e. The van der Waals surface area contributed by atoms with Gasteiger partial charge in [-0.25, -0.2) is 13.9 Å². The molecule has 124 valence electrons. The first-order valence-electron chi connectivity index (χ1n) is 7.11. The smallest absolute Gasteiger partial charge is 0.348 e. The molecule has 1 aromatic carbocycles. The van der Waals surface area contributed by atoms with Crippen molar-refractivity contribution in [2.24, 2.45) is 0 Å². The minimum absolute atomic E-state index is 0.0148. The van der Waals surface area contributed by atoms with Gasteiger partial charge in [-0.05, 0) is 36.8 Å². The highest BCUT2D eigenvalue weighted by Crippen LogP contribution is 2.19. The Hall–Kier alpha value is -2.74. The Kier molecular flexibility index (Phi) is 4.30. The van der Waals surface area contributed by atoms with Crippen molar-refractivity contribution in [3.8, 4) is 0 Å². The van der Waals surface area contributed by atoms with Crippen molar-refractivity contribution < 1.29 is 9.18 Å². The zero-order valence-corrected chi connectivity index (χ0v) is 13.4. The molecule has 1 N–H and O–H groups in total. The van der Waals surface area contributed by atoms with E-state index in [1.807, 2.05) is 0 Å². The molecule has 9 heteroatoms. The second kappa shape index (κ2) is 6.40. The van der Waals surface area contributed by atoms with E-state index < -0.39 is 23.5 Å². The fraction of sp³-hybridized carbons (Fsp3) is 0.200. The number of carbonyl (C=O) groups excluding carboxylic acids is 1. The topological polar surface area (TPSA) is 81.3 Å².